The minimum atomic E-state index is -5.17. The lowest BCUT2D eigenvalue weighted by Crippen LogP contribution is -2.49. The molecule has 6 atom stereocenters. The number of hydrogen-bond donors (Lipinski definition) is 0. The van der Waals surface area contributed by atoms with Crippen LogP contribution in [0.4, 0.5) is 18.9 Å². The minimum Gasteiger partial charge on any atom is -0.285 e. The summed E-state index contributed by atoms with van der Waals surface area (Å²) in [7, 11) is 0. The van der Waals surface area contributed by atoms with Gasteiger partial charge in [-0.15, -0.1) is 0 Å². The first-order valence-electron chi connectivity index (χ1n) is 9.78. The van der Waals surface area contributed by atoms with Gasteiger partial charge in [0.1, 0.15) is 6.67 Å². The molecule has 0 radical (unpaired) electrons. The second-order valence-corrected chi connectivity index (χ2v) is 8.92. The van der Waals surface area contributed by atoms with Crippen LogP contribution in [0, 0.1) is 42.4 Å². The number of imide groups is 1. The van der Waals surface area contributed by atoms with Crippen LogP contribution < -0.4 is 4.90 Å². The van der Waals surface area contributed by atoms with Crippen molar-refractivity contribution in [3.8, 4) is 0 Å². The van der Waals surface area contributed by atoms with Gasteiger partial charge in [0.25, 0.3) is 0 Å². The van der Waals surface area contributed by atoms with Gasteiger partial charge in [0.2, 0.25) is 11.8 Å². The van der Waals surface area contributed by atoms with Crippen molar-refractivity contribution in [2.75, 3.05) is 11.6 Å². The van der Waals surface area contributed by atoms with Crippen LogP contribution in [0.15, 0.2) is 30.4 Å². The Morgan fingerprint density at radius 2 is 1.70 bits per heavy atom. The van der Waals surface area contributed by atoms with Crippen LogP contribution in [-0.4, -0.2) is 35.5 Å². The maximum Gasteiger partial charge on any atom is 0.471 e. The van der Waals surface area contributed by atoms with Crippen molar-refractivity contribution in [1.29, 1.82) is 0 Å². The summed E-state index contributed by atoms with van der Waals surface area (Å²) in [6, 6.07) is 4.24. The highest BCUT2D eigenvalue weighted by Crippen LogP contribution is 2.65. The highest BCUT2D eigenvalue weighted by Gasteiger charge is 2.67. The fourth-order valence-electron chi connectivity index (χ4n) is 5.59. The first-order valence-corrected chi connectivity index (χ1v) is 10.2. The van der Waals surface area contributed by atoms with Crippen molar-refractivity contribution in [3.05, 3.63) is 40.9 Å². The third kappa shape index (κ3) is 2.65. The predicted octanol–water partition coefficient (Wildman–Crippen LogP) is 3.55. The number of amides is 3. The Hall–Kier alpha value is -2.35. The molecule has 0 spiro atoms. The molecule has 0 unspecified atom stereocenters. The van der Waals surface area contributed by atoms with Crippen molar-refractivity contribution in [2.45, 2.75) is 19.5 Å². The number of hydrogen-bond acceptors (Lipinski definition) is 3. The highest BCUT2D eigenvalue weighted by atomic mass is 35.5. The summed E-state index contributed by atoms with van der Waals surface area (Å²) in [5.41, 5.74) is 0.181. The molecule has 3 amide bonds. The normalized spacial score (nSPS) is 33.6. The lowest BCUT2D eigenvalue weighted by Gasteiger charge is -2.37. The van der Waals surface area contributed by atoms with E-state index in [4.69, 9.17) is 11.6 Å². The Labute approximate surface area is 175 Å². The summed E-state index contributed by atoms with van der Waals surface area (Å²) >= 11 is 6.04. The van der Waals surface area contributed by atoms with Gasteiger partial charge in [0, 0.05) is 5.02 Å². The summed E-state index contributed by atoms with van der Waals surface area (Å²) in [4.78, 5) is 39.7. The Bertz CT molecular complexity index is 972. The van der Waals surface area contributed by atoms with Crippen molar-refractivity contribution < 1.29 is 27.6 Å². The molecule has 30 heavy (non-hydrogen) atoms. The molecule has 1 saturated heterocycles. The van der Waals surface area contributed by atoms with E-state index in [1.165, 1.54) is 25.1 Å². The van der Waals surface area contributed by atoms with Gasteiger partial charge in [0.15, 0.2) is 0 Å². The van der Waals surface area contributed by atoms with Crippen LogP contribution >= 0.6 is 11.6 Å². The quantitative estimate of drug-likeness (QED) is 0.535. The number of carbonyl (C=O) groups is 3. The molecule has 158 valence electrons. The van der Waals surface area contributed by atoms with Gasteiger partial charge in [-0.05, 0) is 54.7 Å². The number of carbonyl (C=O) groups excluding carboxylic acids is 3. The van der Waals surface area contributed by atoms with Crippen LogP contribution in [0.25, 0.3) is 0 Å². The van der Waals surface area contributed by atoms with Gasteiger partial charge < -0.3 is 0 Å². The SMILES string of the molecule is Cc1c(Cl)cccc1N(CN1C(=O)[C@@H]2[C@H]3C=C[C@H]([C@H]4C[C@H]34)[C@@H]2C1=O)C(=O)C(F)(F)F. The van der Waals surface area contributed by atoms with E-state index < -0.39 is 42.4 Å². The number of nitrogens with zero attached hydrogens (tertiary/aromatic N) is 2. The molecule has 3 fully saturated rings. The van der Waals surface area contributed by atoms with Crippen LogP contribution in [-0.2, 0) is 14.4 Å². The topological polar surface area (TPSA) is 57.7 Å². The number of allylic oxidation sites excluding steroid dienone is 2. The third-order valence-corrected chi connectivity index (χ3v) is 7.46. The minimum absolute atomic E-state index is 0.0499. The van der Waals surface area contributed by atoms with Gasteiger partial charge in [-0.2, -0.15) is 13.2 Å². The lowest BCUT2D eigenvalue weighted by molar-refractivity contribution is -0.171. The van der Waals surface area contributed by atoms with Crippen LogP contribution in [0.1, 0.15) is 12.0 Å². The molecule has 2 bridgehead atoms. The number of alkyl halides is 3. The molecule has 1 aromatic carbocycles. The lowest BCUT2D eigenvalue weighted by atomic mass is 9.63. The number of rotatable bonds is 3. The van der Waals surface area contributed by atoms with Crippen molar-refractivity contribution in [2.24, 2.45) is 35.5 Å². The number of anilines is 1. The van der Waals surface area contributed by atoms with Crippen molar-refractivity contribution >= 4 is 35.0 Å². The summed E-state index contributed by atoms with van der Waals surface area (Å²) in [5, 5.41) is 0.183. The van der Waals surface area contributed by atoms with Crippen LogP contribution in [0.3, 0.4) is 0 Å². The molecule has 1 aliphatic heterocycles. The molecule has 2 saturated carbocycles. The van der Waals surface area contributed by atoms with Gasteiger partial charge in [-0.1, -0.05) is 29.8 Å². The summed E-state index contributed by atoms with van der Waals surface area (Å²) in [6.07, 6.45) is -0.227. The predicted molar refractivity (Wildman–Crippen MR) is 101 cm³/mol. The Kier molecular flexibility index (Phi) is 4.13. The molecule has 5 nitrogen and oxygen atoms in total. The maximum absolute atomic E-state index is 13.3. The Morgan fingerprint density at radius 1 is 1.13 bits per heavy atom. The molecular formula is C21H18ClF3N2O3. The Morgan fingerprint density at radius 3 is 2.23 bits per heavy atom. The number of halogens is 4. The number of benzene rings is 1. The number of likely N-dealkylation sites (tertiary alicyclic amines) is 1. The van der Waals surface area contributed by atoms with Crippen LogP contribution in [0.5, 0.6) is 0 Å². The Balaban J connectivity index is 1.50. The fraction of sp³-hybridized carbons (Fsp3) is 0.476. The average molecular weight is 439 g/mol. The third-order valence-electron chi connectivity index (χ3n) is 7.05. The van der Waals surface area contributed by atoms with E-state index in [2.05, 4.69) is 0 Å². The summed E-state index contributed by atoms with van der Waals surface area (Å²) in [6.45, 7) is 0.707. The maximum atomic E-state index is 13.3. The highest BCUT2D eigenvalue weighted by molar-refractivity contribution is 6.31. The van der Waals surface area contributed by atoms with Gasteiger partial charge in [-0.3, -0.25) is 24.2 Å². The second kappa shape index (κ2) is 6.33. The van der Waals surface area contributed by atoms with Crippen molar-refractivity contribution in [3.63, 3.8) is 0 Å². The zero-order valence-corrected chi connectivity index (χ0v) is 16.7. The molecule has 5 aliphatic rings. The standard InChI is InChI=1S/C21H18ClF3N2O3/c1-9-14(22)3-2-4-15(9)26(20(30)21(23,24)25)8-27-18(28)16-10-5-6-11(13-7-12(10)13)17(16)19(27)29/h2-6,10-13,16-17H,7-8H2,1H3/t10-,11+,12-,13-,16+,17-/m1/s1. The van der Waals surface area contributed by atoms with E-state index in [0.29, 0.717) is 16.7 Å². The van der Waals surface area contributed by atoms with Gasteiger partial charge in [-0.25, -0.2) is 0 Å². The zero-order valence-electron chi connectivity index (χ0n) is 15.9. The fourth-order valence-corrected chi connectivity index (χ4v) is 5.76. The average Bonchev–Trinajstić information content (AvgIpc) is 3.47. The smallest absolute Gasteiger partial charge is 0.285 e. The van der Waals surface area contributed by atoms with E-state index in [0.717, 1.165) is 11.3 Å². The first-order chi connectivity index (χ1) is 14.1. The molecular weight excluding hydrogens is 421 g/mol. The van der Waals surface area contributed by atoms with Crippen molar-refractivity contribution in [1.82, 2.24) is 4.90 Å². The first kappa shape index (κ1) is 19.6. The largest absolute Gasteiger partial charge is 0.471 e. The molecule has 4 aliphatic carbocycles. The summed E-state index contributed by atoms with van der Waals surface area (Å²) < 4.78 is 40.0. The monoisotopic (exact) mass is 438 g/mol. The molecule has 6 rings (SSSR count). The molecule has 0 N–H and O–H groups in total. The molecule has 9 heteroatoms. The van der Waals surface area contributed by atoms with E-state index >= 15 is 0 Å². The van der Waals surface area contributed by atoms with Gasteiger partial charge >= 0.3 is 12.1 Å². The van der Waals surface area contributed by atoms with Crippen LogP contribution in [0.2, 0.25) is 5.02 Å². The molecule has 0 aromatic heterocycles. The van der Waals surface area contributed by atoms with E-state index in [9.17, 15) is 27.6 Å². The molecule has 1 heterocycles. The van der Waals surface area contributed by atoms with E-state index in [1.807, 2.05) is 12.2 Å². The van der Waals surface area contributed by atoms with E-state index in [-0.39, 0.29) is 28.1 Å². The zero-order chi connectivity index (χ0) is 21.5. The van der Waals surface area contributed by atoms with E-state index in [1.54, 1.807) is 0 Å². The molecule has 1 aromatic rings. The second-order valence-electron chi connectivity index (χ2n) is 8.52. The van der Waals surface area contributed by atoms with Gasteiger partial charge in [0.05, 0.1) is 17.5 Å². The summed E-state index contributed by atoms with van der Waals surface area (Å²) in [5.74, 6) is -3.56.